The van der Waals surface area contributed by atoms with Crippen LogP contribution in [0.1, 0.15) is 44.0 Å². The highest BCUT2D eigenvalue weighted by Crippen LogP contribution is 2.27. The molecule has 0 saturated heterocycles. The van der Waals surface area contributed by atoms with E-state index in [1.807, 2.05) is 7.05 Å². The number of hydrogen-bond donors (Lipinski definition) is 1. The molecule has 0 saturated carbocycles. The molecular weight excluding hydrogens is 254 g/mol. The van der Waals surface area contributed by atoms with E-state index in [-0.39, 0.29) is 16.0 Å². The highest BCUT2D eigenvalue weighted by atomic mass is 16.6. The van der Waals surface area contributed by atoms with Crippen molar-refractivity contribution in [1.29, 1.82) is 0 Å². The molecule has 1 rings (SSSR count). The van der Waals surface area contributed by atoms with Crippen molar-refractivity contribution in [1.82, 2.24) is 10.3 Å². The van der Waals surface area contributed by atoms with E-state index in [2.05, 4.69) is 31.1 Å². The Bertz CT molecular complexity index is 493. The molecule has 0 aliphatic heterocycles. The molecule has 0 radical (unpaired) electrons. The molecule has 1 aromatic heterocycles. The van der Waals surface area contributed by atoms with Gasteiger partial charge in [-0.05, 0) is 39.2 Å². The Morgan fingerprint density at radius 2 is 2.00 bits per heavy atom. The van der Waals surface area contributed by atoms with E-state index < -0.39 is 0 Å². The topological polar surface area (TPSA) is 68.1 Å². The number of hydrogen-bond acceptors (Lipinski definition) is 4. The van der Waals surface area contributed by atoms with Gasteiger partial charge in [0.05, 0.1) is 10.6 Å². The Morgan fingerprint density at radius 3 is 2.45 bits per heavy atom. The molecule has 1 aromatic rings. The Hall–Kier alpha value is -1.49. The second-order valence-electron chi connectivity index (χ2n) is 6.36. The van der Waals surface area contributed by atoms with Gasteiger partial charge in [0.25, 0.3) is 5.69 Å². The number of nitrogens with zero attached hydrogens (tertiary/aromatic N) is 2. The molecule has 112 valence electrons. The molecular formula is C15H25N3O2. The summed E-state index contributed by atoms with van der Waals surface area (Å²) in [5.41, 5.74) is 2.49. The molecule has 1 N–H and O–H groups in total. The molecule has 0 aliphatic carbocycles. The molecule has 0 amide bonds. The molecule has 0 fully saturated rings. The molecule has 0 bridgehead atoms. The minimum Gasteiger partial charge on any atom is -0.316 e. The van der Waals surface area contributed by atoms with Crippen molar-refractivity contribution in [2.75, 3.05) is 7.05 Å². The standard InChI is InChI=1S/C15H25N3O2/c1-10-9-17-12(11(2)14(10)18(19)20)7-8-13(16-6)15(3,4)5/h9,13,16H,7-8H2,1-6H3. The Labute approximate surface area is 121 Å². The summed E-state index contributed by atoms with van der Waals surface area (Å²) >= 11 is 0. The van der Waals surface area contributed by atoms with Crippen molar-refractivity contribution in [2.45, 2.75) is 53.5 Å². The van der Waals surface area contributed by atoms with Crippen molar-refractivity contribution in [2.24, 2.45) is 5.41 Å². The maximum absolute atomic E-state index is 11.1. The predicted octanol–water partition coefficient (Wildman–Crippen LogP) is 3.17. The van der Waals surface area contributed by atoms with Crippen molar-refractivity contribution in [3.63, 3.8) is 0 Å². The average Bonchev–Trinajstić information content (AvgIpc) is 2.30. The fraction of sp³-hybridized carbons (Fsp3) is 0.667. The SMILES string of the molecule is CNC(CCc1ncc(C)c([N+](=O)[O-])c1C)C(C)(C)C. The number of pyridine rings is 1. The van der Waals surface area contributed by atoms with Gasteiger partial charge in [-0.2, -0.15) is 0 Å². The number of rotatable bonds is 5. The van der Waals surface area contributed by atoms with Gasteiger partial charge in [-0.3, -0.25) is 15.1 Å². The van der Waals surface area contributed by atoms with Crippen LogP contribution in [0.2, 0.25) is 0 Å². The molecule has 1 atom stereocenters. The van der Waals surface area contributed by atoms with Crippen LogP contribution in [-0.4, -0.2) is 23.0 Å². The Kier molecular flexibility index (Phi) is 5.22. The van der Waals surface area contributed by atoms with Gasteiger partial charge in [-0.15, -0.1) is 0 Å². The largest absolute Gasteiger partial charge is 0.316 e. The Morgan fingerprint density at radius 1 is 1.40 bits per heavy atom. The summed E-state index contributed by atoms with van der Waals surface area (Å²) < 4.78 is 0. The smallest absolute Gasteiger partial charge is 0.278 e. The summed E-state index contributed by atoms with van der Waals surface area (Å²) in [4.78, 5) is 15.2. The fourth-order valence-corrected chi connectivity index (χ4v) is 2.59. The lowest BCUT2D eigenvalue weighted by molar-refractivity contribution is -0.386. The van der Waals surface area contributed by atoms with Crippen LogP contribution < -0.4 is 5.32 Å². The van der Waals surface area contributed by atoms with E-state index >= 15 is 0 Å². The first kappa shape index (κ1) is 16.6. The summed E-state index contributed by atoms with van der Waals surface area (Å²) in [7, 11) is 1.95. The van der Waals surface area contributed by atoms with Gasteiger partial charge >= 0.3 is 0 Å². The van der Waals surface area contributed by atoms with Gasteiger partial charge in [-0.25, -0.2) is 0 Å². The molecule has 5 heteroatoms. The minimum atomic E-state index is -0.310. The van der Waals surface area contributed by atoms with Gasteiger partial charge in [-0.1, -0.05) is 20.8 Å². The van der Waals surface area contributed by atoms with E-state index in [1.165, 1.54) is 0 Å². The van der Waals surface area contributed by atoms with Crippen LogP contribution >= 0.6 is 0 Å². The highest BCUT2D eigenvalue weighted by molar-refractivity contribution is 5.47. The average molecular weight is 279 g/mol. The first-order chi connectivity index (χ1) is 9.18. The number of aryl methyl sites for hydroxylation is 2. The number of nitro groups is 1. The zero-order valence-corrected chi connectivity index (χ0v) is 13.3. The van der Waals surface area contributed by atoms with Crippen LogP contribution in [0.4, 0.5) is 5.69 Å². The first-order valence-electron chi connectivity index (χ1n) is 6.95. The third kappa shape index (κ3) is 3.76. The quantitative estimate of drug-likeness (QED) is 0.664. The van der Waals surface area contributed by atoms with Crippen molar-refractivity contribution in [3.05, 3.63) is 33.1 Å². The lowest BCUT2D eigenvalue weighted by Crippen LogP contribution is -2.38. The second kappa shape index (κ2) is 6.31. The fourth-order valence-electron chi connectivity index (χ4n) is 2.59. The normalized spacial score (nSPS) is 13.3. The Balaban J connectivity index is 2.95. The van der Waals surface area contributed by atoms with Crippen LogP contribution in [0.15, 0.2) is 6.20 Å². The third-order valence-electron chi connectivity index (χ3n) is 3.82. The van der Waals surface area contributed by atoms with Crippen molar-refractivity contribution < 1.29 is 4.92 Å². The zero-order valence-electron chi connectivity index (χ0n) is 13.3. The monoisotopic (exact) mass is 279 g/mol. The molecule has 20 heavy (non-hydrogen) atoms. The van der Waals surface area contributed by atoms with Crippen molar-refractivity contribution in [3.8, 4) is 0 Å². The van der Waals surface area contributed by atoms with Gasteiger partial charge in [0.15, 0.2) is 0 Å². The maximum atomic E-state index is 11.1. The van der Waals surface area contributed by atoms with Gasteiger partial charge in [0, 0.05) is 23.4 Å². The zero-order chi connectivity index (χ0) is 15.5. The van der Waals surface area contributed by atoms with E-state index in [0.717, 1.165) is 18.5 Å². The molecule has 0 aliphatic rings. The van der Waals surface area contributed by atoms with E-state index in [9.17, 15) is 10.1 Å². The highest BCUT2D eigenvalue weighted by Gasteiger charge is 2.24. The molecule has 5 nitrogen and oxygen atoms in total. The maximum Gasteiger partial charge on any atom is 0.278 e. The van der Waals surface area contributed by atoms with Gasteiger partial charge in [0.2, 0.25) is 0 Å². The number of aromatic nitrogens is 1. The third-order valence-corrected chi connectivity index (χ3v) is 3.82. The van der Waals surface area contributed by atoms with E-state index in [4.69, 9.17) is 0 Å². The van der Waals surface area contributed by atoms with Gasteiger partial charge in [0.1, 0.15) is 0 Å². The molecule has 0 spiro atoms. The predicted molar refractivity (Wildman–Crippen MR) is 81.0 cm³/mol. The minimum absolute atomic E-state index is 0.152. The lowest BCUT2D eigenvalue weighted by atomic mass is 9.83. The summed E-state index contributed by atoms with van der Waals surface area (Å²) in [6.07, 6.45) is 3.26. The van der Waals surface area contributed by atoms with Crippen LogP contribution in [0.25, 0.3) is 0 Å². The lowest BCUT2D eigenvalue weighted by Gasteiger charge is -2.30. The first-order valence-corrected chi connectivity index (χ1v) is 6.95. The summed E-state index contributed by atoms with van der Waals surface area (Å²) in [5, 5.41) is 14.4. The van der Waals surface area contributed by atoms with Crippen LogP contribution in [0.5, 0.6) is 0 Å². The number of nitrogens with one attached hydrogen (secondary N) is 1. The molecule has 1 heterocycles. The van der Waals surface area contributed by atoms with Gasteiger partial charge < -0.3 is 5.32 Å². The van der Waals surface area contributed by atoms with Crippen LogP contribution in [-0.2, 0) is 6.42 Å². The van der Waals surface area contributed by atoms with Crippen LogP contribution in [0.3, 0.4) is 0 Å². The second-order valence-corrected chi connectivity index (χ2v) is 6.36. The van der Waals surface area contributed by atoms with E-state index in [1.54, 1.807) is 20.0 Å². The summed E-state index contributed by atoms with van der Waals surface area (Å²) in [6.45, 7) is 10.1. The molecule has 0 aromatic carbocycles. The van der Waals surface area contributed by atoms with Crippen molar-refractivity contribution >= 4 is 5.69 Å². The van der Waals surface area contributed by atoms with Crippen LogP contribution in [0, 0.1) is 29.4 Å². The summed E-state index contributed by atoms with van der Waals surface area (Å²) in [6, 6.07) is 0.351. The van der Waals surface area contributed by atoms with E-state index in [0.29, 0.717) is 17.2 Å². The molecule has 1 unspecified atom stereocenters. The summed E-state index contributed by atoms with van der Waals surface area (Å²) in [5.74, 6) is 0.